The smallest absolute Gasteiger partial charge is 0.507 e. The van der Waals surface area contributed by atoms with Gasteiger partial charge in [0.1, 0.15) is 68.1 Å². The fraction of sp³-hybridized carbons (Fsp3) is 0.556. The molecule has 8 N–H and O–H groups in total. The number of nitrogens with two attached hydrogens (primary N) is 1. The maximum absolute atomic E-state index is 14.6. The van der Waals surface area contributed by atoms with Crippen LogP contribution < -0.4 is 20.5 Å². The zero-order valence-corrected chi connectivity index (χ0v) is 69.0. The summed E-state index contributed by atoms with van der Waals surface area (Å²) in [7, 11) is 1.24. The number of carbonyl (C=O) groups excluding carboxylic acids is 8. The first-order chi connectivity index (χ1) is 60.4. The van der Waals surface area contributed by atoms with Crippen molar-refractivity contribution < 1.29 is 178 Å². The number of nitro benzene ring substituents is 1. The van der Waals surface area contributed by atoms with Crippen LogP contribution >= 0.6 is 0 Å². The van der Waals surface area contributed by atoms with Gasteiger partial charge in [-0.3, -0.25) is 24.5 Å². The standard InChI is InChI=1S/C81H106N6O38/c1-7-18-114-75(95)73-71(123-78(97)115-19-8-2)72(124-79(98)116-20-9-3)74(125-80(99)117-21-10-4)76(122-73)120-56-15-14-50(42-55(56)87(101)102)58(43-51-47-86(85-84-51)17-23-105-25-27-107-29-31-109-33-35-111-37-39-113-41-40-112-38-36-110-34-32-108-30-28-106-26-24-104-22-16-82)121-77(96)83-54-44-61(118-49(5)66(54)90)119-59-46-81(100,60(89)48-88)45-53-63(59)70(94)65-64(68(53)92)67(91)52-12-11-13-57(103-6)62(52)69(65)93/h7-15,42,47,49,54,58-59,61,66,71-74,76,88,90,92,94,100H,1-4,16-41,43-46,48,82H2,5-6H3,(H,83,96)/t49-,54-,58?,59-,61-,66+,71-,72-,73-,74+,76+,81-/m0/s1. The molecule has 0 radical (unpaired) electrons. The summed E-state index contributed by atoms with van der Waals surface area (Å²) in [4.78, 5) is 123. The van der Waals surface area contributed by atoms with Gasteiger partial charge in [-0.25, -0.2) is 28.7 Å². The van der Waals surface area contributed by atoms with Gasteiger partial charge in [0, 0.05) is 61.2 Å². The molecule has 0 spiro atoms. The van der Waals surface area contributed by atoms with Gasteiger partial charge in [0.15, 0.2) is 41.9 Å². The Morgan fingerprint density at radius 3 is 1.70 bits per heavy atom. The van der Waals surface area contributed by atoms with Crippen LogP contribution in [0.1, 0.15) is 86.2 Å². The number of nitro groups is 1. The van der Waals surface area contributed by atoms with Crippen molar-refractivity contribution >= 4 is 53.6 Å². The number of hydrogen-bond acceptors (Lipinski definition) is 41. The third-order valence-corrected chi connectivity index (χ3v) is 18.9. The lowest BCUT2D eigenvalue weighted by atomic mass is 9.72. The number of methoxy groups -OCH3 is 1. The quantitative estimate of drug-likeness (QED) is 0.00558. The van der Waals surface area contributed by atoms with Crippen LogP contribution in [-0.2, 0) is 128 Å². The maximum Gasteiger partial charge on any atom is 0.509 e. The van der Waals surface area contributed by atoms with Crippen LogP contribution in [0.3, 0.4) is 0 Å². The number of phenolic OH excluding ortho intramolecular Hbond substituents is 2. The summed E-state index contributed by atoms with van der Waals surface area (Å²) in [6.45, 7) is 19.9. The number of esters is 1. The number of aliphatic hydroxyl groups is 3. The van der Waals surface area contributed by atoms with Gasteiger partial charge < -0.3 is 146 Å². The topological polar surface area (TPSA) is 562 Å². The number of carbonyl (C=O) groups is 8. The summed E-state index contributed by atoms with van der Waals surface area (Å²) < 4.78 is 129. The van der Waals surface area contributed by atoms with E-state index in [4.69, 9.17) is 115 Å². The van der Waals surface area contributed by atoms with Crippen LogP contribution in [0.5, 0.6) is 23.0 Å². The summed E-state index contributed by atoms with van der Waals surface area (Å²) >= 11 is 0. The Hall–Kier alpha value is -10.8. The van der Waals surface area contributed by atoms with Crippen LogP contribution in [0.4, 0.5) is 24.9 Å². The highest BCUT2D eigenvalue weighted by atomic mass is 16.8. The molecule has 1 unspecified atom stereocenters. The molecule has 4 aromatic rings. The number of phenols is 2. The molecule has 1 amide bonds. The van der Waals surface area contributed by atoms with Crippen molar-refractivity contribution in [3.63, 3.8) is 0 Å². The van der Waals surface area contributed by atoms with E-state index >= 15 is 0 Å². The summed E-state index contributed by atoms with van der Waals surface area (Å²) in [6.07, 6.45) is -21.5. The van der Waals surface area contributed by atoms with E-state index in [1.165, 1.54) is 49.2 Å². The SMILES string of the molecule is C=CCOC(=O)O[C@@H]1[C@@H](OC(=O)OCC=C)[C@H](Oc2ccc(C(Cc3cn(CCOCCOCCOCCOCCOCCOCCOCCOCCOCCOCCN)nn3)OC(=O)N[C@H]3C[C@H](O[C@H]4C[C@](O)(C(=O)CO)Cc5c(O)c6c(c(O)c54)C(=O)c4c(OC)cccc4C6=O)O[C@@H](C)[C@H]3O)cc2[N+](=O)[O-])O[C@H](C(=O)OCC=C)[C@H]1OC(=O)OCC=C. The van der Waals surface area contributed by atoms with E-state index in [-0.39, 0.29) is 73.3 Å². The van der Waals surface area contributed by atoms with Gasteiger partial charge >= 0.3 is 36.2 Å². The largest absolute Gasteiger partial charge is 0.509 e. The lowest BCUT2D eigenvalue weighted by Gasteiger charge is -2.42. The Balaban J connectivity index is 0.947. The zero-order chi connectivity index (χ0) is 90.2. The predicted molar refractivity (Wildman–Crippen MR) is 424 cm³/mol. The molecule has 3 aromatic carbocycles. The molecule has 0 saturated carbocycles. The van der Waals surface area contributed by atoms with Gasteiger partial charge in [0.25, 0.3) is 0 Å². The lowest BCUT2D eigenvalue weighted by Crippen LogP contribution is -2.64. The summed E-state index contributed by atoms with van der Waals surface area (Å²) in [5.41, 5.74) is -0.772. The molecular formula is C81H106N6O38. The normalized spacial score (nSPS) is 20.8. The number of nitrogens with one attached hydrogen (secondary N) is 1. The number of hydrogen-bond donors (Lipinski definition) is 7. The molecule has 44 nitrogen and oxygen atoms in total. The number of fused-ring (bicyclic) bond motifs is 3. The second-order valence-electron chi connectivity index (χ2n) is 27.5. The number of nitrogens with zero attached hydrogens (tertiary/aromatic N) is 4. The molecule has 2 aliphatic heterocycles. The highest BCUT2D eigenvalue weighted by Gasteiger charge is 2.58. The van der Waals surface area contributed by atoms with Crippen molar-refractivity contribution in [3.05, 3.63) is 148 Å². The van der Waals surface area contributed by atoms with E-state index in [1.807, 2.05) is 0 Å². The van der Waals surface area contributed by atoms with E-state index in [0.717, 1.165) is 36.4 Å². The Labute approximate surface area is 716 Å². The number of alkyl carbamates (subject to hydrolysis) is 1. The first-order valence-electron chi connectivity index (χ1n) is 39.7. The average Bonchev–Trinajstić information content (AvgIpc) is 1.02. The molecule has 2 fully saturated rings. The van der Waals surface area contributed by atoms with Crippen LogP contribution in [0.25, 0.3) is 0 Å². The molecule has 688 valence electrons. The van der Waals surface area contributed by atoms with E-state index in [0.29, 0.717) is 106 Å². The second kappa shape index (κ2) is 52.2. The summed E-state index contributed by atoms with van der Waals surface area (Å²) in [5, 5.41) is 82.4. The van der Waals surface area contributed by atoms with Crippen molar-refractivity contribution in [1.29, 1.82) is 0 Å². The minimum Gasteiger partial charge on any atom is -0.507 e. The Kier molecular flexibility index (Phi) is 41.7. The third kappa shape index (κ3) is 29.4. The van der Waals surface area contributed by atoms with Crippen molar-refractivity contribution in [2.45, 2.75) is 112 Å². The number of aliphatic hydroxyl groups excluding tert-OH is 2. The van der Waals surface area contributed by atoms with Crippen LogP contribution in [-0.4, -0.2) is 333 Å². The molecule has 0 bridgehead atoms. The van der Waals surface area contributed by atoms with E-state index in [9.17, 15) is 74.0 Å². The number of benzene rings is 3. The number of rotatable bonds is 57. The number of aromatic hydroxyl groups is 2. The fourth-order valence-electron chi connectivity index (χ4n) is 13.1. The van der Waals surface area contributed by atoms with Crippen molar-refractivity contribution in [2.75, 3.05) is 179 Å². The number of ketones is 3. The molecule has 2 aliphatic carbocycles. The third-order valence-electron chi connectivity index (χ3n) is 18.9. The molecule has 3 heterocycles. The number of Topliss-reactive ketones (excluding diaryl/α,β-unsaturated/α-hetero) is 1. The highest BCUT2D eigenvalue weighted by molar-refractivity contribution is 6.31. The van der Waals surface area contributed by atoms with Crippen LogP contribution in [0, 0.1) is 10.1 Å². The van der Waals surface area contributed by atoms with Crippen LogP contribution in [0.2, 0.25) is 0 Å². The minimum atomic E-state index is -2.56. The van der Waals surface area contributed by atoms with Gasteiger partial charge in [-0.1, -0.05) is 74.0 Å². The van der Waals surface area contributed by atoms with Gasteiger partial charge in [-0.15, -0.1) is 5.10 Å². The monoisotopic (exact) mass is 1770 g/mol. The summed E-state index contributed by atoms with van der Waals surface area (Å²) in [5.74, 6) is -6.98. The molecule has 1 aromatic heterocycles. The van der Waals surface area contributed by atoms with Gasteiger partial charge in [-0.05, 0) is 24.6 Å². The molecular weight excluding hydrogens is 1660 g/mol. The van der Waals surface area contributed by atoms with Crippen LogP contribution in [0.15, 0.2) is 93.2 Å². The second-order valence-corrected chi connectivity index (χ2v) is 27.5. The van der Waals surface area contributed by atoms with E-state index < -0.39 is 224 Å². The molecule has 12 atom stereocenters. The van der Waals surface area contributed by atoms with Gasteiger partial charge in [-0.2, -0.15) is 0 Å². The molecule has 125 heavy (non-hydrogen) atoms. The highest BCUT2D eigenvalue weighted by Crippen LogP contribution is 2.53. The van der Waals surface area contributed by atoms with Crippen molar-refractivity contribution in [2.24, 2.45) is 5.73 Å². The van der Waals surface area contributed by atoms with Crippen molar-refractivity contribution in [1.82, 2.24) is 20.3 Å². The Bertz CT molecular complexity index is 4240. The minimum absolute atomic E-state index is 0.0467. The first kappa shape index (κ1) is 99.7. The maximum atomic E-state index is 14.6. The van der Waals surface area contributed by atoms with E-state index in [2.05, 4.69) is 41.9 Å². The van der Waals surface area contributed by atoms with Gasteiger partial charge in [0.2, 0.25) is 18.2 Å². The van der Waals surface area contributed by atoms with E-state index in [1.54, 1.807) is 0 Å². The number of ether oxygens (including phenoxy) is 23. The average molecular weight is 1770 g/mol. The molecule has 4 aliphatic rings. The van der Waals surface area contributed by atoms with Crippen molar-refractivity contribution in [3.8, 4) is 23.0 Å². The predicted octanol–water partition coefficient (Wildman–Crippen LogP) is 3.33. The number of amides is 1. The molecule has 8 rings (SSSR count). The first-order valence-corrected chi connectivity index (χ1v) is 39.7. The molecule has 2 saturated heterocycles. The Morgan fingerprint density at radius 2 is 1.18 bits per heavy atom. The fourth-order valence-corrected chi connectivity index (χ4v) is 13.1. The molecule has 44 heteroatoms. The lowest BCUT2D eigenvalue weighted by molar-refractivity contribution is -0.387. The summed E-state index contributed by atoms with van der Waals surface area (Å²) in [6, 6.07) is 5.70. The Morgan fingerprint density at radius 1 is 0.672 bits per heavy atom. The number of aromatic nitrogens is 3. The zero-order valence-electron chi connectivity index (χ0n) is 69.0. The van der Waals surface area contributed by atoms with Gasteiger partial charge in [0.05, 0.1) is 191 Å².